The van der Waals surface area contributed by atoms with E-state index in [4.69, 9.17) is 0 Å². The van der Waals surface area contributed by atoms with Crippen LogP contribution in [0.3, 0.4) is 0 Å². The van der Waals surface area contributed by atoms with Gasteiger partial charge < -0.3 is 9.80 Å². The van der Waals surface area contributed by atoms with E-state index in [1.54, 1.807) is 48.5 Å². The van der Waals surface area contributed by atoms with Crippen molar-refractivity contribution in [3.63, 3.8) is 0 Å². The molecule has 0 bridgehead atoms. The largest absolute Gasteiger partial charge is 0.372 e. The third kappa shape index (κ3) is 3.97. The normalized spacial score (nSPS) is 14.2. The van der Waals surface area contributed by atoms with Gasteiger partial charge in [0, 0.05) is 70.6 Å². The molecule has 42 heavy (non-hydrogen) atoms. The molecule has 2 heterocycles. The zero-order valence-corrected chi connectivity index (χ0v) is 24.2. The van der Waals surface area contributed by atoms with E-state index in [2.05, 4.69) is 37.5 Å². The monoisotopic (exact) mass is 560 g/mol. The number of nitrogens with zero attached hydrogens (tertiary/aromatic N) is 4. The van der Waals surface area contributed by atoms with Crippen molar-refractivity contribution in [2.75, 3.05) is 45.8 Å². The zero-order valence-electron chi connectivity index (χ0n) is 24.2. The van der Waals surface area contributed by atoms with Gasteiger partial charge in [-0.2, -0.15) is 0 Å². The van der Waals surface area contributed by atoms with Gasteiger partial charge in [-0.25, -0.2) is 9.80 Å². The number of amides is 4. The van der Waals surface area contributed by atoms with Gasteiger partial charge in [0.25, 0.3) is 23.6 Å². The van der Waals surface area contributed by atoms with Gasteiger partial charge >= 0.3 is 0 Å². The number of rotatable bonds is 8. The Balaban J connectivity index is 1.40. The number of benzene rings is 4. The highest BCUT2D eigenvalue weighted by Gasteiger charge is 2.40. The SMILES string of the molecule is CCN(CC)c1ccc(N2C(=O)c3ccc4c5c(ccc(c35)C2=O)C(=O)N(c2ccc(N(CC)CC)cc2)C4=O)cc1. The summed E-state index contributed by atoms with van der Waals surface area (Å²) in [6, 6.07) is 21.1. The average molecular weight is 561 g/mol. The Morgan fingerprint density at radius 1 is 0.429 bits per heavy atom. The average Bonchev–Trinajstić information content (AvgIpc) is 3.01. The second-order valence-electron chi connectivity index (χ2n) is 10.3. The van der Waals surface area contributed by atoms with E-state index >= 15 is 0 Å². The molecule has 0 aromatic heterocycles. The van der Waals surface area contributed by atoms with Gasteiger partial charge in [-0.15, -0.1) is 0 Å². The van der Waals surface area contributed by atoms with Crippen molar-refractivity contribution in [1.82, 2.24) is 0 Å². The zero-order chi connectivity index (χ0) is 29.7. The van der Waals surface area contributed by atoms with Crippen LogP contribution in [0.5, 0.6) is 0 Å². The molecule has 0 N–H and O–H groups in total. The van der Waals surface area contributed by atoms with Crippen molar-refractivity contribution in [2.45, 2.75) is 27.7 Å². The minimum atomic E-state index is -0.485. The molecular weight excluding hydrogens is 528 g/mol. The Morgan fingerprint density at radius 3 is 0.929 bits per heavy atom. The van der Waals surface area contributed by atoms with Crippen LogP contribution in [0.15, 0.2) is 72.8 Å². The van der Waals surface area contributed by atoms with E-state index in [9.17, 15) is 19.2 Å². The van der Waals surface area contributed by atoms with Gasteiger partial charge in [-0.05, 0) is 100 Å². The Bertz CT molecular complexity index is 1550. The summed E-state index contributed by atoms with van der Waals surface area (Å²) in [4.78, 5) is 61.8. The quantitative estimate of drug-likeness (QED) is 0.241. The van der Waals surface area contributed by atoms with Crippen LogP contribution in [0.1, 0.15) is 69.1 Å². The van der Waals surface area contributed by atoms with Crippen LogP contribution in [0.4, 0.5) is 22.7 Å². The number of carbonyl (C=O) groups excluding carboxylic acids is 4. The predicted octanol–water partition coefficient (Wildman–Crippen LogP) is 6.13. The number of carbonyl (C=O) groups is 4. The Hall–Kier alpha value is -4.98. The highest BCUT2D eigenvalue weighted by molar-refractivity contribution is 6.42. The number of anilines is 4. The first kappa shape index (κ1) is 27.2. The van der Waals surface area contributed by atoms with Gasteiger partial charge in [-0.1, -0.05) is 0 Å². The van der Waals surface area contributed by atoms with E-state index in [-0.39, 0.29) is 22.3 Å². The molecule has 6 rings (SSSR count). The molecule has 212 valence electrons. The molecule has 2 aliphatic rings. The summed E-state index contributed by atoms with van der Waals surface area (Å²) in [5.74, 6) is -1.94. The summed E-state index contributed by atoms with van der Waals surface area (Å²) in [5.41, 5.74) is 4.09. The second-order valence-corrected chi connectivity index (χ2v) is 10.3. The molecule has 0 saturated heterocycles. The highest BCUT2D eigenvalue weighted by Crippen LogP contribution is 2.40. The summed E-state index contributed by atoms with van der Waals surface area (Å²) in [6.07, 6.45) is 0. The lowest BCUT2D eigenvalue weighted by Gasteiger charge is -2.32. The third-order valence-corrected chi connectivity index (χ3v) is 8.37. The van der Waals surface area contributed by atoms with Crippen molar-refractivity contribution in [3.8, 4) is 0 Å². The van der Waals surface area contributed by atoms with Crippen molar-refractivity contribution in [2.24, 2.45) is 0 Å². The summed E-state index contributed by atoms with van der Waals surface area (Å²) < 4.78 is 0. The third-order valence-electron chi connectivity index (χ3n) is 8.37. The fourth-order valence-electron chi connectivity index (χ4n) is 6.15. The van der Waals surface area contributed by atoms with Crippen LogP contribution in [-0.2, 0) is 0 Å². The van der Waals surface area contributed by atoms with Gasteiger partial charge in [0.05, 0.1) is 11.4 Å². The molecule has 0 fully saturated rings. The molecule has 8 heteroatoms. The van der Waals surface area contributed by atoms with Gasteiger partial charge in [-0.3, -0.25) is 19.2 Å². The molecule has 0 radical (unpaired) electrons. The lowest BCUT2D eigenvalue weighted by molar-refractivity contribution is 0.0873. The van der Waals surface area contributed by atoms with E-state index in [1.807, 2.05) is 24.3 Å². The number of imide groups is 2. The van der Waals surface area contributed by atoms with E-state index in [0.717, 1.165) is 37.6 Å². The Kier molecular flexibility index (Phi) is 6.77. The molecule has 0 unspecified atom stereocenters. The van der Waals surface area contributed by atoms with Crippen LogP contribution in [0.2, 0.25) is 0 Å². The van der Waals surface area contributed by atoms with Crippen molar-refractivity contribution in [3.05, 3.63) is 95.1 Å². The first-order valence-corrected chi connectivity index (χ1v) is 14.4. The Labute approximate surface area is 244 Å². The van der Waals surface area contributed by atoms with Gasteiger partial charge in [0.2, 0.25) is 0 Å². The molecule has 2 aliphatic heterocycles. The van der Waals surface area contributed by atoms with E-state index in [0.29, 0.717) is 22.1 Å². The molecule has 4 aromatic rings. The van der Waals surface area contributed by atoms with E-state index in [1.165, 1.54) is 9.80 Å². The molecule has 0 aliphatic carbocycles. The summed E-state index contributed by atoms with van der Waals surface area (Å²) >= 11 is 0. The molecule has 4 aromatic carbocycles. The number of hydrogen-bond donors (Lipinski definition) is 0. The summed E-state index contributed by atoms with van der Waals surface area (Å²) in [6.45, 7) is 11.6. The standard InChI is InChI=1S/C34H32N4O4/c1-5-35(6-2)21-9-13-23(14-10-21)37-31(39)25-17-19-27-30-28(20-18-26(29(25)30)32(37)40)34(42)38(33(27)41)24-15-11-22(12-16-24)36(7-3)8-4/h9-20H,5-8H2,1-4H3. The van der Waals surface area contributed by atoms with E-state index < -0.39 is 23.6 Å². The first-order chi connectivity index (χ1) is 20.3. The maximum atomic E-state index is 13.8. The lowest BCUT2D eigenvalue weighted by atomic mass is 9.85. The fraction of sp³-hybridized carbons (Fsp3) is 0.235. The maximum Gasteiger partial charge on any atom is 0.265 e. The minimum absolute atomic E-state index is 0.288. The minimum Gasteiger partial charge on any atom is -0.372 e. The van der Waals surface area contributed by atoms with Gasteiger partial charge in [0.1, 0.15) is 0 Å². The Morgan fingerprint density at radius 2 is 0.690 bits per heavy atom. The molecule has 0 saturated carbocycles. The van der Waals surface area contributed by atoms with Gasteiger partial charge in [0.15, 0.2) is 0 Å². The second kappa shape index (κ2) is 10.4. The predicted molar refractivity (Wildman–Crippen MR) is 166 cm³/mol. The molecule has 0 spiro atoms. The topological polar surface area (TPSA) is 81.2 Å². The van der Waals surface area contributed by atoms with Crippen molar-refractivity contribution >= 4 is 57.2 Å². The van der Waals surface area contributed by atoms with Crippen LogP contribution in [0, 0.1) is 0 Å². The molecule has 4 amide bonds. The fourth-order valence-corrected chi connectivity index (χ4v) is 6.15. The van der Waals surface area contributed by atoms with Crippen LogP contribution in [0.25, 0.3) is 10.8 Å². The van der Waals surface area contributed by atoms with Crippen LogP contribution >= 0.6 is 0 Å². The highest BCUT2D eigenvalue weighted by atomic mass is 16.2. The maximum absolute atomic E-state index is 13.8. The van der Waals surface area contributed by atoms with Crippen molar-refractivity contribution < 1.29 is 19.2 Å². The number of hydrogen-bond acceptors (Lipinski definition) is 6. The summed E-state index contributed by atoms with van der Waals surface area (Å²) in [7, 11) is 0. The summed E-state index contributed by atoms with van der Waals surface area (Å²) in [5, 5.41) is 0.712. The first-order valence-electron chi connectivity index (χ1n) is 14.4. The molecular formula is C34H32N4O4. The van der Waals surface area contributed by atoms with Crippen molar-refractivity contribution in [1.29, 1.82) is 0 Å². The van der Waals surface area contributed by atoms with Crippen LogP contribution < -0.4 is 19.6 Å². The van der Waals surface area contributed by atoms with Crippen LogP contribution in [-0.4, -0.2) is 49.8 Å². The lowest BCUT2D eigenvalue weighted by Crippen LogP contribution is -2.43. The smallest absolute Gasteiger partial charge is 0.265 e. The molecule has 8 nitrogen and oxygen atoms in total. The molecule has 0 atom stereocenters.